The van der Waals surface area contributed by atoms with Crippen molar-refractivity contribution in [3.63, 3.8) is 0 Å². The Morgan fingerprint density at radius 3 is 1.32 bits per heavy atom. The molecule has 0 aromatic rings. The number of hydrogen-bond donors (Lipinski definition) is 1. The highest BCUT2D eigenvalue weighted by Gasteiger charge is 2.44. The van der Waals surface area contributed by atoms with Gasteiger partial charge in [0.1, 0.15) is 24.4 Å². The standard InChI is InChI=1S/C14H25NO2.C13H23NO2.C10H19NO2.C10H16O2.C8H15NO2.C5H9NO/c1-10(2)12(16)17-11-8-13(3,4)15(7)14(5,6)9-11;1-9(2)11(15)16-10-7-12(3,4)14-13(5,6)8-10;1-5-11(6-2)8-9(4)10(12)13-7-3;1-8(2)9(11)12-10(3)6-4-5-7-10;1-7(2)8(10)11-6-5-9(3)4;1-4-5(7)6(2)3/h11H,1,8-9H2,2-7H3;10,14H,1,7-8H2,2-6H3;4-8H2,1-3H3;1,4-7H2,2-3H3;1,5-6H2,2-4H3;4H,1H2,2-3H3. The molecule has 16 heteroatoms. The molecule has 1 N–H and O–H groups in total. The molecule has 1 aliphatic carbocycles. The van der Waals surface area contributed by atoms with Crippen LogP contribution in [0.3, 0.4) is 0 Å². The minimum Gasteiger partial charge on any atom is -0.463 e. The van der Waals surface area contributed by atoms with Crippen molar-refractivity contribution in [3.8, 4) is 0 Å². The summed E-state index contributed by atoms with van der Waals surface area (Å²) in [6.45, 7) is 57.2. The van der Waals surface area contributed by atoms with Gasteiger partial charge in [0.05, 0.1) is 6.61 Å². The van der Waals surface area contributed by atoms with E-state index in [2.05, 4.69) is 131 Å². The van der Waals surface area contributed by atoms with E-state index in [-0.39, 0.29) is 75.7 Å². The number of esters is 5. The molecule has 3 aliphatic rings. The van der Waals surface area contributed by atoms with Crippen LogP contribution < -0.4 is 5.32 Å². The maximum atomic E-state index is 11.6. The summed E-state index contributed by atoms with van der Waals surface area (Å²) in [5.74, 6) is -1.45. The van der Waals surface area contributed by atoms with E-state index in [0.29, 0.717) is 47.6 Å². The largest absolute Gasteiger partial charge is 0.463 e. The van der Waals surface area contributed by atoms with Crippen LogP contribution in [0.1, 0.15) is 162 Å². The minimum absolute atomic E-state index is 0.00176. The van der Waals surface area contributed by atoms with Crippen molar-refractivity contribution >= 4 is 35.8 Å². The van der Waals surface area contributed by atoms with E-state index in [1.54, 1.807) is 48.7 Å². The summed E-state index contributed by atoms with van der Waals surface area (Å²) in [5.41, 5.74) is 2.29. The number of nitrogens with one attached hydrogen (secondary N) is 1. The number of rotatable bonds is 17. The second-order valence-electron chi connectivity index (χ2n) is 23.3. The first kappa shape index (κ1) is 75.3. The summed E-state index contributed by atoms with van der Waals surface area (Å²) >= 11 is 0. The average molecular weight is 1070 g/mol. The summed E-state index contributed by atoms with van der Waals surface area (Å²) in [7, 11) is 9.36. The summed E-state index contributed by atoms with van der Waals surface area (Å²) in [6.07, 6.45) is 8.98. The third-order valence-corrected chi connectivity index (χ3v) is 12.6. The highest BCUT2D eigenvalue weighted by molar-refractivity contribution is 5.89. The van der Waals surface area contributed by atoms with Gasteiger partial charge in [-0.2, -0.15) is 0 Å². The fraction of sp³-hybridized carbons (Fsp3) is 0.700. The highest BCUT2D eigenvalue weighted by Crippen LogP contribution is 2.38. The van der Waals surface area contributed by atoms with Gasteiger partial charge in [0.15, 0.2) is 0 Å². The first-order valence-corrected chi connectivity index (χ1v) is 26.6. The fourth-order valence-electron chi connectivity index (χ4n) is 8.36. The molecule has 3 rings (SSSR count). The van der Waals surface area contributed by atoms with E-state index in [0.717, 1.165) is 58.2 Å². The van der Waals surface area contributed by atoms with E-state index < -0.39 is 0 Å². The number of carbonyl (C=O) groups excluding carboxylic acids is 6. The highest BCUT2D eigenvalue weighted by atomic mass is 16.6. The Kier molecular flexibility index (Phi) is 35.2. The van der Waals surface area contributed by atoms with E-state index in [4.69, 9.17) is 23.7 Å². The predicted molar refractivity (Wildman–Crippen MR) is 310 cm³/mol. The van der Waals surface area contributed by atoms with Gasteiger partial charge in [-0.15, -0.1) is 0 Å². The Hall–Kier alpha value is -4.90. The lowest BCUT2D eigenvalue weighted by Crippen LogP contribution is -2.60. The zero-order valence-corrected chi connectivity index (χ0v) is 51.7. The lowest BCUT2D eigenvalue weighted by molar-refractivity contribution is -0.154. The average Bonchev–Trinajstić information content (AvgIpc) is 3.71. The van der Waals surface area contributed by atoms with Crippen LogP contribution in [-0.4, -0.2) is 170 Å². The first-order chi connectivity index (χ1) is 34.6. The van der Waals surface area contributed by atoms with Crippen molar-refractivity contribution in [1.82, 2.24) is 24.9 Å². The molecule has 0 aromatic heterocycles. The topological polar surface area (TPSA) is 174 Å². The molecule has 2 saturated heterocycles. The van der Waals surface area contributed by atoms with Crippen LogP contribution >= 0.6 is 0 Å². The van der Waals surface area contributed by atoms with Gasteiger partial charge in [-0.25, -0.2) is 24.0 Å². The zero-order chi connectivity index (χ0) is 60.2. The van der Waals surface area contributed by atoms with Gasteiger partial charge in [0.2, 0.25) is 5.91 Å². The Bertz CT molecular complexity index is 1900. The molecule has 438 valence electrons. The Morgan fingerprint density at radius 2 is 1.00 bits per heavy atom. The molecule has 0 spiro atoms. The monoisotopic (exact) mass is 1070 g/mol. The third kappa shape index (κ3) is 33.3. The maximum Gasteiger partial charge on any atom is 0.334 e. The van der Waals surface area contributed by atoms with Gasteiger partial charge in [-0.3, -0.25) is 14.6 Å². The van der Waals surface area contributed by atoms with Crippen LogP contribution in [-0.2, 0) is 52.5 Å². The van der Waals surface area contributed by atoms with Gasteiger partial charge in [-0.1, -0.05) is 53.3 Å². The van der Waals surface area contributed by atoms with Crippen molar-refractivity contribution < 1.29 is 52.5 Å². The third-order valence-electron chi connectivity index (χ3n) is 12.6. The molecule has 3 fully saturated rings. The van der Waals surface area contributed by atoms with Crippen LogP contribution in [0.25, 0.3) is 0 Å². The van der Waals surface area contributed by atoms with Gasteiger partial charge in [-0.05, 0) is 163 Å². The number of amides is 1. The SMILES string of the molecule is C=C(C)C(=O)OC1(C)CCCC1.C=C(C)C(=O)OC1CC(C)(C)N(C)C(C)(C)C1.C=C(C)C(=O)OC1CC(C)(C)NC(C)(C)C1.C=C(C)C(=O)OCCN(C)C.C=C(CN(CC)CC)C(=O)OCC.C=CC(=O)N(C)C. The van der Waals surface area contributed by atoms with Gasteiger partial charge < -0.3 is 38.8 Å². The lowest BCUT2D eigenvalue weighted by Gasteiger charge is -2.53. The lowest BCUT2D eigenvalue weighted by atomic mass is 9.79. The molecule has 2 aliphatic heterocycles. The van der Waals surface area contributed by atoms with Gasteiger partial charge >= 0.3 is 29.8 Å². The number of likely N-dealkylation sites (N-methyl/N-ethyl adjacent to an activating group) is 3. The molecule has 76 heavy (non-hydrogen) atoms. The minimum atomic E-state index is -0.313. The molecule has 0 bridgehead atoms. The number of ether oxygens (including phenoxy) is 5. The Balaban J connectivity index is -0.000000857. The van der Waals surface area contributed by atoms with Crippen molar-refractivity contribution in [3.05, 3.63) is 73.4 Å². The molecule has 0 aromatic carbocycles. The van der Waals surface area contributed by atoms with Crippen molar-refractivity contribution in [1.29, 1.82) is 0 Å². The fourth-order valence-corrected chi connectivity index (χ4v) is 8.36. The molecule has 2 heterocycles. The van der Waals surface area contributed by atoms with Crippen LogP contribution in [0.2, 0.25) is 0 Å². The van der Waals surface area contributed by atoms with Crippen LogP contribution in [0.5, 0.6) is 0 Å². The number of piperidine rings is 2. The number of nitrogens with zero attached hydrogens (tertiary/aromatic N) is 4. The van der Waals surface area contributed by atoms with Crippen molar-refractivity contribution in [2.75, 3.05) is 74.6 Å². The second kappa shape index (κ2) is 35.5. The second-order valence-corrected chi connectivity index (χ2v) is 23.3. The molecule has 0 unspecified atom stereocenters. The summed E-state index contributed by atoms with van der Waals surface area (Å²) in [5, 5.41) is 3.55. The van der Waals surface area contributed by atoms with Crippen LogP contribution in [0.15, 0.2) is 73.4 Å². The molecule has 16 nitrogen and oxygen atoms in total. The number of likely N-dealkylation sites (tertiary alicyclic amines) is 1. The van der Waals surface area contributed by atoms with E-state index >= 15 is 0 Å². The molecular weight excluding hydrogens is 967 g/mol. The van der Waals surface area contributed by atoms with Crippen molar-refractivity contribution in [2.24, 2.45) is 0 Å². The summed E-state index contributed by atoms with van der Waals surface area (Å²) in [6, 6.07) is 0. The van der Waals surface area contributed by atoms with Crippen LogP contribution in [0.4, 0.5) is 0 Å². The quantitative estimate of drug-likeness (QED) is 0.0828. The van der Waals surface area contributed by atoms with Crippen molar-refractivity contribution in [2.45, 2.75) is 202 Å². The molecule has 1 amide bonds. The number of carbonyl (C=O) groups is 6. The maximum absolute atomic E-state index is 11.6. The van der Waals surface area contributed by atoms with E-state index in [9.17, 15) is 28.8 Å². The first-order valence-electron chi connectivity index (χ1n) is 26.6. The number of hydrogen-bond acceptors (Lipinski definition) is 15. The van der Waals surface area contributed by atoms with Gasteiger partial charge in [0.25, 0.3) is 0 Å². The van der Waals surface area contributed by atoms with E-state index in [1.165, 1.54) is 23.8 Å². The summed E-state index contributed by atoms with van der Waals surface area (Å²) < 4.78 is 25.9. The molecule has 1 saturated carbocycles. The Morgan fingerprint density at radius 1 is 0.605 bits per heavy atom. The molecular formula is C60H107N5O11. The molecule has 0 atom stereocenters. The normalized spacial score (nSPS) is 17.6. The summed E-state index contributed by atoms with van der Waals surface area (Å²) in [4.78, 5) is 74.4. The zero-order valence-electron chi connectivity index (χ0n) is 51.7. The van der Waals surface area contributed by atoms with E-state index in [1.807, 2.05) is 25.9 Å². The van der Waals surface area contributed by atoms with Crippen LogP contribution in [0, 0.1) is 0 Å². The molecule has 0 radical (unpaired) electrons. The Labute approximate surface area is 461 Å². The predicted octanol–water partition coefficient (Wildman–Crippen LogP) is 9.99. The smallest absolute Gasteiger partial charge is 0.334 e. The van der Waals surface area contributed by atoms with Gasteiger partial charge in [0, 0.05) is 103 Å².